The number of aliphatic carboxylic acids is 2. The van der Waals surface area contributed by atoms with Crippen molar-refractivity contribution in [3.05, 3.63) is 71.0 Å². The summed E-state index contributed by atoms with van der Waals surface area (Å²) in [5.41, 5.74) is 4.89. The minimum atomic E-state index is -5.08. The SMILES string of the molecule is O=C(O)C(F)(F)F.O=C(O)C(F)(F)F.O=c1[nH]c(C2CC2)nc2cc(-c3cnn(-c4ccc(N5CCOCC5)cc4)c3)ccc12. The van der Waals surface area contributed by atoms with Crippen LogP contribution in [-0.4, -0.2) is 80.6 Å². The van der Waals surface area contributed by atoms with E-state index in [4.69, 9.17) is 29.5 Å². The van der Waals surface area contributed by atoms with Gasteiger partial charge in [-0.3, -0.25) is 4.79 Å². The summed E-state index contributed by atoms with van der Waals surface area (Å²) in [6.07, 6.45) is -4.09. The first kappa shape index (κ1) is 33.0. The van der Waals surface area contributed by atoms with Crippen molar-refractivity contribution in [1.82, 2.24) is 19.7 Å². The lowest BCUT2D eigenvalue weighted by molar-refractivity contribution is -0.193. The summed E-state index contributed by atoms with van der Waals surface area (Å²) < 4.78 is 70.8. The van der Waals surface area contributed by atoms with Crippen LogP contribution in [0, 0.1) is 0 Å². The lowest BCUT2D eigenvalue weighted by Gasteiger charge is -2.28. The monoisotopic (exact) mass is 641 g/mol. The van der Waals surface area contributed by atoms with Crippen LogP contribution < -0.4 is 10.5 Å². The molecule has 6 rings (SSSR count). The summed E-state index contributed by atoms with van der Waals surface area (Å²) in [5, 5.41) is 19.4. The van der Waals surface area contributed by atoms with Gasteiger partial charge in [-0.15, -0.1) is 0 Å². The van der Waals surface area contributed by atoms with Crippen LogP contribution in [0.15, 0.2) is 59.7 Å². The largest absolute Gasteiger partial charge is 0.490 e. The van der Waals surface area contributed by atoms with Crippen molar-refractivity contribution in [2.75, 3.05) is 31.2 Å². The van der Waals surface area contributed by atoms with Gasteiger partial charge in [-0.1, -0.05) is 6.07 Å². The topological polar surface area (TPSA) is 151 Å². The number of anilines is 1. The Morgan fingerprint density at radius 3 is 1.96 bits per heavy atom. The molecule has 1 saturated carbocycles. The zero-order valence-electron chi connectivity index (χ0n) is 23.1. The fourth-order valence-corrected chi connectivity index (χ4v) is 4.14. The second-order valence-corrected chi connectivity index (χ2v) is 9.85. The number of nitrogens with zero attached hydrogens (tertiary/aromatic N) is 4. The van der Waals surface area contributed by atoms with E-state index in [9.17, 15) is 31.1 Å². The molecule has 1 aliphatic carbocycles. The van der Waals surface area contributed by atoms with Crippen molar-refractivity contribution in [3.8, 4) is 16.8 Å². The van der Waals surface area contributed by atoms with Gasteiger partial charge in [0.05, 0.1) is 36.0 Å². The smallest absolute Gasteiger partial charge is 0.475 e. The third-order valence-electron chi connectivity index (χ3n) is 6.58. The van der Waals surface area contributed by atoms with Crippen molar-refractivity contribution in [1.29, 1.82) is 0 Å². The van der Waals surface area contributed by atoms with E-state index in [0.717, 1.165) is 67.3 Å². The van der Waals surface area contributed by atoms with Crippen molar-refractivity contribution in [3.63, 3.8) is 0 Å². The number of hydrogen-bond donors (Lipinski definition) is 3. The van der Waals surface area contributed by atoms with Gasteiger partial charge < -0.3 is 24.8 Å². The molecule has 0 unspecified atom stereocenters. The van der Waals surface area contributed by atoms with Gasteiger partial charge in [-0.05, 0) is 54.8 Å². The highest BCUT2D eigenvalue weighted by Gasteiger charge is 2.38. The minimum Gasteiger partial charge on any atom is -0.475 e. The van der Waals surface area contributed by atoms with E-state index in [1.807, 2.05) is 35.3 Å². The Labute approximate surface area is 249 Å². The fourth-order valence-electron chi connectivity index (χ4n) is 4.14. The number of nitrogens with one attached hydrogen (secondary N) is 1. The number of aromatic amines is 1. The van der Waals surface area contributed by atoms with E-state index >= 15 is 0 Å². The first-order valence-corrected chi connectivity index (χ1v) is 13.3. The zero-order valence-corrected chi connectivity index (χ0v) is 23.1. The normalized spacial score (nSPS) is 15.0. The highest BCUT2D eigenvalue weighted by atomic mass is 19.4. The molecule has 17 heteroatoms. The summed E-state index contributed by atoms with van der Waals surface area (Å²) in [6, 6.07) is 14.2. The van der Waals surface area contributed by atoms with Crippen LogP contribution in [0.4, 0.5) is 32.0 Å². The number of carboxylic acid groups (broad SMARTS) is 2. The Morgan fingerprint density at radius 1 is 0.867 bits per heavy atom. The Bertz CT molecular complexity index is 1680. The molecule has 1 aliphatic heterocycles. The molecule has 2 fully saturated rings. The van der Waals surface area contributed by atoms with E-state index in [-0.39, 0.29) is 5.56 Å². The van der Waals surface area contributed by atoms with Crippen LogP contribution in [0.1, 0.15) is 24.6 Å². The number of alkyl halides is 6. The molecule has 0 bridgehead atoms. The second kappa shape index (κ2) is 13.4. The number of benzene rings is 2. The number of fused-ring (bicyclic) bond motifs is 1. The average Bonchev–Trinajstić information content (AvgIpc) is 3.73. The van der Waals surface area contributed by atoms with Crippen LogP contribution in [0.5, 0.6) is 0 Å². The molecule has 4 aromatic rings. The van der Waals surface area contributed by atoms with Gasteiger partial charge in [-0.25, -0.2) is 19.3 Å². The summed E-state index contributed by atoms with van der Waals surface area (Å²) in [5.74, 6) is -4.30. The van der Waals surface area contributed by atoms with E-state index in [2.05, 4.69) is 39.2 Å². The van der Waals surface area contributed by atoms with Gasteiger partial charge in [0.25, 0.3) is 5.56 Å². The number of ether oxygens (including phenoxy) is 1. The molecule has 1 saturated heterocycles. The Morgan fingerprint density at radius 2 is 1.42 bits per heavy atom. The molecular formula is C28H25F6N5O6. The Kier molecular flexibility index (Phi) is 9.80. The van der Waals surface area contributed by atoms with Crippen molar-refractivity contribution in [2.24, 2.45) is 0 Å². The lowest BCUT2D eigenvalue weighted by atomic mass is 10.1. The summed E-state index contributed by atoms with van der Waals surface area (Å²) >= 11 is 0. The molecule has 45 heavy (non-hydrogen) atoms. The fraction of sp³-hybridized carbons (Fsp3) is 0.321. The van der Waals surface area contributed by atoms with Crippen LogP contribution >= 0.6 is 0 Å². The van der Waals surface area contributed by atoms with Gasteiger partial charge in [0.1, 0.15) is 5.82 Å². The molecule has 0 amide bonds. The zero-order chi connectivity index (χ0) is 32.9. The minimum absolute atomic E-state index is 0.0606. The molecule has 3 N–H and O–H groups in total. The van der Waals surface area contributed by atoms with Gasteiger partial charge in [0.15, 0.2) is 0 Å². The average molecular weight is 642 g/mol. The van der Waals surface area contributed by atoms with Gasteiger partial charge in [0.2, 0.25) is 0 Å². The number of carboxylic acids is 2. The predicted octanol–water partition coefficient (Wildman–Crippen LogP) is 4.76. The summed E-state index contributed by atoms with van der Waals surface area (Å²) in [6.45, 7) is 3.40. The van der Waals surface area contributed by atoms with Crippen LogP contribution in [-0.2, 0) is 14.3 Å². The third-order valence-corrected chi connectivity index (χ3v) is 6.58. The van der Waals surface area contributed by atoms with E-state index in [1.54, 1.807) is 0 Å². The molecule has 2 aromatic carbocycles. The maximum absolute atomic E-state index is 12.4. The Balaban J connectivity index is 0.000000277. The summed E-state index contributed by atoms with van der Waals surface area (Å²) in [7, 11) is 0. The number of morpholine rings is 1. The third kappa shape index (κ3) is 8.81. The van der Waals surface area contributed by atoms with E-state index in [1.165, 1.54) is 5.69 Å². The van der Waals surface area contributed by atoms with Crippen LogP contribution in [0.2, 0.25) is 0 Å². The van der Waals surface area contributed by atoms with E-state index < -0.39 is 24.3 Å². The van der Waals surface area contributed by atoms with Crippen LogP contribution in [0.3, 0.4) is 0 Å². The molecule has 3 heterocycles. The maximum Gasteiger partial charge on any atom is 0.490 e. The number of H-pyrrole nitrogens is 1. The second-order valence-electron chi connectivity index (χ2n) is 9.85. The van der Waals surface area contributed by atoms with Crippen molar-refractivity contribution >= 4 is 28.5 Å². The Hall–Kier alpha value is -4.93. The van der Waals surface area contributed by atoms with Crippen molar-refractivity contribution in [2.45, 2.75) is 31.1 Å². The number of carbonyl (C=O) groups is 2. The number of rotatable bonds is 4. The van der Waals surface area contributed by atoms with Gasteiger partial charge in [-0.2, -0.15) is 31.4 Å². The lowest BCUT2D eigenvalue weighted by Crippen LogP contribution is -2.36. The first-order valence-electron chi connectivity index (χ1n) is 13.3. The number of aromatic nitrogens is 4. The standard InChI is InChI=1S/C24H23N5O2.2C2HF3O2/c30-24-21-8-3-17(13-22(21)26-23(27-24)16-1-2-16)18-14-25-29(15-18)20-6-4-19(5-7-20)28-9-11-31-12-10-28;2*3-2(4,5)1(6)7/h3-8,13-16H,1-2,9-12H2,(H,26,27,30);2*(H,6,7). The highest BCUT2D eigenvalue weighted by Crippen LogP contribution is 2.38. The highest BCUT2D eigenvalue weighted by molar-refractivity contribution is 5.83. The molecular weight excluding hydrogens is 616 g/mol. The first-order chi connectivity index (χ1) is 21.1. The summed E-state index contributed by atoms with van der Waals surface area (Å²) in [4.78, 5) is 40.2. The molecule has 11 nitrogen and oxygen atoms in total. The van der Waals surface area contributed by atoms with E-state index in [0.29, 0.717) is 11.3 Å². The molecule has 0 spiro atoms. The van der Waals surface area contributed by atoms with Crippen molar-refractivity contribution < 1.29 is 50.9 Å². The van der Waals surface area contributed by atoms with Gasteiger partial charge in [0, 0.05) is 36.5 Å². The number of halogens is 6. The molecule has 0 atom stereocenters. The van der Waals surface area contributed by atoms with Crippen LogP contribution in [0.25, 0.3) is 27.7 Å². The molecule has 2 aromatic heterocycles. The molecule has 2 aliphatic rings. The van der Waals surface area contributed by atoms with Gasteiger partial charge >= 0.3 is 24.3 Å². The quantitative estimate of drug-likeness (QED) is 0.268. The predicted molar refractivity (Wildman–Crippen MR) is 147 cm³/mol. The number of hydrogen-bond acceptors (Lipinski definition) is 7. The molecule has 240 valence electrons. The maximum atomic E-state index is 12.4. The molecule has 0 radical (unpaired) electrons.